The predicted octanol–water partition coefficient (Wildman–Crippen LogP) is 2.34. The van der Waals surface area contributed by atoms with E-state index in [1.165, 1.54) is 42.6 Å². The molecule has 18 heavy (non-hydrogen) atoms. The lowest BCUT2D eigenvalue weighted by atomic mass is 10.2. The quantitative estimate of drug-likeness (QED) is 0.877. The van der Waals surface area contributed by atoms with E-state index in [-0.39, 0.29) is 11.5 Å². The van der Waals surface area contributed by atoms with E-state index >= 15 is 0 Å². The van der Waals surface area contributed by atoms with E-state index in [2.05, 4.69) is 10.3 Å². The first-order chi connectivity index (χ1) is 8.69. The summed E-state index contributed by atoms with van der Waals surface area (Å²) in [6, 6.07) is 10.3. The number of carbonyl (C=O) groups is 1. The van der Waals surface area contributed by atoms with Gasteiger partial charge in [0.2, 0.25) is 0 Å². The number of anilines is 1. The summed E-state index contributed by atoms with van der Waals surface area (Å²) >= 11 is 0. The highest BCUT2D eigenvalue weighted by Crippen LogP contribution is 2.09. The van der Waals surface area contributed by atoms with E-state index < -0.39 is 5.91 Å². The number of benzene rings is 1. The number of nitrogens with zero attached hydrogens (tertiary/aromatic N) is 2. The van der Waals surface area contributed by atoms with Gasteiger partial charge in [-0.05, 0) is 36.4 Å². The summed E-state index contributed by atoms with van der Waals surface area (Å²) in [5.41, 5.74) is 1.05. The van der Waals surface area contributed by atoms with Crippen LogP contribution >= 0.6 is 0 Å². The molecule has 0 saturated carbocycles. The van der Waals surface area contributed by atoms with Gasteiger partial charge >= 0.3 is 0 Å². The summed E-state index contributed by atoms with van der Waals surface area (Å²) in [7, 11) is 0. The zero-order valence-electron chi connectivity index (χ0n) is 9.22. The number of carbonyl (C=O) groups excluding carboxylic acids is 1. The maximum atomic E-state index is 12.7. The molecule has 1 N–H and O–H groups in total. The highest BCUT2D eigenvalue weighted by Gasteiger charge is 2.07. The van der Waals surface area contributed by atoms with Crippen LogP contribution < -0.4 is 5.32 Å². The Kier molecular flexibility index (Phi) is 3.30. The van der Waals surface area contributed by atoms with Crippen molar-refractivity contribution in [1.29, 1.82) is 5.26 Å². The van der Waals surface area contributed by atoms with Crippen molar-refractivity contribution in [2.24, 2.45) is 0 Å². The summed E-state index contributed by atoms with van der Waals surface area (Å²) in [6.45, 7) is 0. The van der Waals surface area contributed by atoms with Crippen LogP contribution in [0.1, 0.15) is 16.1 Å². The molecular formula is C13H8FN3O. The number of hydrogen-bond acceptors (Lipinski definition) is 3. The SMILES string of the molecule is N#Cc1ccc(C(=O)Nc2ccc(F)cc2)nc1. The van der Waals surface area contributed by atoms with Gasteiger partial charge < -0.3 is 5.32 Å². The van der Waals surface area contributed by atoms with E-state index in [4.69, 9.17) is 5.26 Å². The number of nitrogens with one attached hydrogen (secondary N) is 1. The molecule has 0 unspecified atom stereocenters. The van der Waals surface area contributed by atoms with Crippen LogP contribution in [0.25, 0.3) is 0 Å². The summed E-state index contributed by atoms with van der Waals surface area (Å²) in [4.78, 5) is 15.6. The Morgan fingerprint density at radius 3 is 2.50 bits per heavy atom. The fourth-order valence-corrected chi connectivity index (χ4v) is 1.32. The third-order valence-electron chi connectivity index (χ3n) is 2.23. The van der Waals surface area contributed by atoms with E-state index in [1.807, 2.05) is 6.07 Å². The first-order valence-corrected chi connectivity index (χ1v) is 5.12. The van der Waals surface area contributed by atoms with Crippen molar-refractivity contribution in [1.82, 2.24) is 4.98 Å². The number of halogens is 1. The van der Waals surface area contributed by atoms with Crippen LogP contribution in [0.15, 0.2) is 42.6 Å². The Morgan fingerprint density at radius 2 is 1.94 bits per heavy atom. The molecule has 0 atom stereocenters. The van der Waals surface area contributed by atoms with Crippen molar-refractivity contribution in [2.45, 2.75) is 0 Å². The molecule has 0 aliphatic heterocycles. The second-order valence-electron chi connectivity index (χ2n) is 3.50. The first kappa shape index (κ1) is 11.7. The maximum absolute atomic E-state index is 12.7. The average Bonchev–Trinajstić information content (AvgIpc) is 2.41. The van der Waals surface area contributed by atoms with Gasteiger partial charge in [0.05, 0.1) is 5.56 Å². The molecule has 0 bridgehead atoms. The lowest BCUT2D eigenvalue weighted by Crippen LogP contribution is -2.13. The minimum Gasteiger partial charge on any atom is -0.321 e. The largest absolute Gasteiger partial charge is 0.321 e. The molecule has 0 aliphatic rings. The predicted molar refractivity (Wildman–Crippen MR) is 63.3 cm³/mol. The van der Waals surface area contributed by atoms with Crippen molar-refractivity contribution in [3.05, 3.63) is 59.7 Å². The van der Waals surface area contributed by atoms with Crippen molar-refractivity contribution in [2.75, 3.05) is 5.32 Å². The van der Waals surface area contributed by atoms with Gasteiger partial charge in [-0.3, -0.25) is 4.79 Å². The molecular weight excluding hydrogens is 233 g/mol. The zero-order valence-corrected chi connectivity index (χ0v) is 9.22. The molecule has 5 heteroatoms. The second-order valence-corrected chi connectivity index (χ2v) is 3.50. The van der Waals surface area contributed by atoms with Crippen molar-refractivity contribution in [3.63, 3.8) is 0 Å². The van der Waals surface area contributed by atoms with Crippen LogP contribution in [-0.2, 0) is 0 Å². The average molecular weight is 241 g/mol. The molecule has 2 aromatic rings. The van der Waals surface area contributed by atoms with Crippen LogP contribution in [0.5, 0.6) is 0 Å². The van der Waals surface area contributed by atoms with Crippen LogP contribution in [0.4, 0.5) is 10.1 Å². The molecule has 1 amide bonds. The molecule has 1 heterocycles. The standard InChI is InChI=1S/C13H8FN3O/c14-10-2-4-11(5-3-10)17-13(18)12-6-1-9(7-15)8-16-12/h1-6,8H,(H,17,18). The van der Waals surface area contributed by atoms with E-state index in [1.54, 1.807) is 0 Å². The van der Waals surface area contributed by atoms with Gasteiger partial charge in [-0.1, -0.05) is 0 Å². The lowest BCUT2D eigenvalue weighted by Gasteiger charge is -2.04. The van der Waals surface area contributed by atoms with E-state index in [9.17, 15) is 9.18 Å². The molecule has 0 spiro atoms. The van der Waals surface area contributed by atoms with Gasteiger partial charge in [-0.25, -0.2) is 9.37 Å². The molecule has 0 fully saturated rings. The van der Waals surface area contributed by atoms with Gasteiger partial charge in [0, 0.05) is 11.9 Å². The minimum absolute atomic E-state index is 0.193. The van der Waals surface area contributed by atoms with E-state index in [0.717, 1.165) is 0 Å². The number of rotatable bonds is 2. The van der Waals surface area contributed by atoms with Gasteiger partial charge in [0.15, 0.2) is 0 Å². The third kappa shape index (κ3) is 2.68. The van der Waals surface area contributed by atoms with Crippen LogP contribution in [0, 0.1) is 17.1 Å². The van der Waals surface area contributed by atoms with Crippen LogP contribution in [-0.4, -0.2) is 10.9 Å². The Bertz CT molecular complexity index is 600. The van der Waals surface area contributed by atoms with Gasteiger partial charge in [-0.2, -0.15) is 5.26 Å². The molecule has 88 valence electrons. The highest BCUT2D eigenvalue weighted by molar-refractivity contribution is 6.02. The summed E-state index contributed by atoms with van der Waals surface area (Å²) in [5.74, 6) is -0.782. The lowest BCUT2D eigenvalue weighted by molar-refractivity contribution is 0.102. The van der Waals surface area contributed by atoms with Crippen molar-refractivity contribution < 1.29 is 9.18 Å². The summed E-state index contributed by atoms with van der Waals surface area (Å²) in [6.07, 6.45) is 1.32. The minimum atomic E-state index is -0.411. The van der Waals surface area contributed by atoms with Crippen molar-refractivity contribution in [3.8, 4) is 6.07 Å². The number of aromatic nitrogens is 1. The summed E-state index contributed by atoms with van der Waals surface area (Å²) < 4.78 is 12.7. The Balaban J connectivity index is 2.12. The molecule has 0 radical (unpaired) electrons. The van der Waals surface area contributed by atoms with Gasteiger partial charge in [0.1, 0.15) is 17.6 Å². The fourth-order valence-electron chi connectivity index (χ4n) is 1.32. The number of pyridine rings is 1. The normalized spacial score (nSPS) is 9.56. The second kappa shape index (κ2) is 5.06. The molecule has 0 aliphatic carbocycles. The first-order valence-electron chi connectivity index (χ1n) is 5.12. The smallest absolute Gasteiger partial charge is 0.274 e. The monoisotopic (exact) mass is 241 g/mol. The third-order valence-corrected chi connectivity index (χ3v) is 2.23. The van der Waals surface area contributed by atoms with Gasteiger partial charge in [0.25, 0.3) is 5.91 Å². The number of hydrogen-bond donors (Lipinski definition) is 1. The molecule has 0 saturated heterocycles. The van der Waals surface area contributed by atoms with Crippen LogP contribution in [0.3, 0.4) is 0 Å². The molecule has 4 nitrogen and oxygen atoms in total. The number of nitriles is 1. The molecule has 1 aromatic heterocycles. The fraction of sp³-hybridized carbons (Fsp3) is 0. The Labute approximate surface area is 103 Å². The highest BCUT2D eigenvalue weighted by atomic mass is 19.1. The van der Waals surface area contributed by atoms with E-state index in [0.29, 0.717) is 11.3 Å². The van der Waals surface area contributed by atoms with Crippen LogP contribution in [0.2, 0.25) is 0 Å². The number of amides is 1. The Hall–Kier alpha value is -2.74. The Morgan fingerprint density at radius 1 is 1.22 bits per heavy atom. The topological polar surface area (TPSA) is 65.8 Å². The zero-order chi connectivity index (χ0) is 13.0. The molecule has 2 rings (SSSR count). The molecule has 1 aromatic carbocycles. The van der Waals surface area contributed by atoms with Crippen molar-refractivity contribution >= 4 is 11.6 Å². The summed E-state index contributed by atoms with van der Waals surface area (Å²) in [5, 5.41) is 11.2. The maximum Gasteiger partial charge on any atom is 0.274 e. The van der Waals surface area contributed by atoms with Gasteiger partial charge in [-0.15, -0.1) is 0 Å².